The third-order valence-corrected chi connectivity index (χ3v) is 5.01. The van der Waals surface area contributed by atoms with Crippen LogP contribution in [-0.4, -0.2) is 36.7 Å². The van der Waals surface area contributed by atoms with Crippen LogP contribution in [-0.2, 0) is 0 Å². The summed E-state index contributed by atoms with van der Waals surface area (Å²) in [6.07, 6.45) is 0. The van der Waals surface area contributed by atoms with Gasteiger partial charge in [-0.25, -0.2) is 0 Å². The molecule has 0 bridgehead atoms. The van der Waals surface area contributed by atoms with Crippen molar-refractivity contribution < 1.29 is 19.4 Å². The average molecular weight is 470 g/mol. The Labute approximate surface area is 177 Å². The maximum atomic E-state index is 12.8. The lowest BCUT2D eigenvalue weighted by Gasteiger charge is -2.20. The second-order valence-corrected chi connectivity index (χ2v) is 7.82. The molecule has 0 aliphatic rings. The number of carbonyl (C=O) groups excluding carboxylic acids is 2. The predicted molar refractivity (Wildman–Crippen MR) is 113 cm³/mol. The fraction of sp³-hybridized carbons (Fsp3) is 0.300. The zero-order valence-electron chi connectivity index (χ0n) is 15.8. The molecule has 2 aromatic rings. The van der Waals surface area contributed by atoms with Gasteiger partial charge in [-0.2, -0.15) is 0 Å². The van der Waals surface area contributed by atoms with Crippen LogP contribution in [0.4, 0.5) is 5.69 Å². The standard InChI is InChI=1S/C20H22BrClN2O4/c1-11(2)17(10-25)24-19(26)12-4-7-18(28-3)14(8-12)20(27)23-16-6-5-13(21)9-15(16)22/h4-9,11,17,25H,10H2,1-3H3,(H,23,27)(H,24,26)/t17-/m1/s1. The van der Waals surface area contributed by atoms with E-state index >= 15 is 0 Å². The molecule has 0 fully saturated rings. The summed E-state index contributed by atoms with van der Waals surface area (Å²) in [6, 6.07) is 9.27. The molecule has 0 heterocycles. The number of rotatable bonds is 7. The number of aliphatic hydroxyl groups is 1. The van der Waals surface area contributed by atoms with E-state index in [2.05, 4.69) is 26.6 Å². The number of hydrogen-bond donors (Lipinski definition) is 3. The van der Waals surface area contributed by atoms with E-state index in [1.165, 1.54) is 13.2 Å². The molecule has 2 rings (SSSR count). The quantitative estimate of drug-likeness (QED) is 0.569. The Morgan fingerprint density at radius 3 is 2.46 bits per heavy atom. The van der Waals surface area contributed by atoms with Crippen LogP contribution in [0.15, 0.2) is 40.9 Å². The lowest BCUT2D eigenvalue weighted by atomic mass is 10.0. The van der Waals surface area contributed by atoms with Gasteiger partial charge < -0.3 is 20.5 Å². The smallest absolute Gasteiger partial charge is 0.259 e. The van der Waals surface area contributed by atoms with Crippen LogP contribution >= 0.6 is 27.5 Å². The van der Waals surface area contributed by atoms with E-state index in [1.54, 1.807) is 30.3 Å². The molecular weight excluding hydrogens is 448 g/mol. The molecule has 0 radical (unpaired) electrons. The molecule has 2 aromatic carbocycles. The average Bonchev–Trinajstić information content (AvgIpc) is 2.67. The van der Waals surface area contributed by atoms with Gasteiger partial charge in [-0.15, -0.1) is 0 Å². The van der Waals surface area contributed by atoms with E-state index in [1.807, 2.05) is 13.8 Å². The van der Waals surface area contributed by atoms with Crippen molar-refractivity contribution in [2.75, 3.05) is 19.0 Å². The number of carbonyl (C=O) groups is 2. The summed E-state index contributed by atoms with van der Waals surface area (Å²) in [4.78, 5) is 25.3. The summed E-state index contributed by atoms with van der Waals surface area (Å²) in [7, 11) is 1.44. The van der Waals surface area contributed by atoms with Gasteiger partial charge in [-0.3, -0.25) is 9.59 Å². The molecule has 1 atom stereocenters. The molecule has 8 heteroatoms. The van der Waals surface area contributed by atoms with Crippen molar-refractivity contribution in [3.8, 4) is 5.75 Å². The topological polar surface area (TPSA) is 87.7 Å². The van der Waals surface area contributed by atoms with Crippen molar-refractivity contribution in [2.24, 2.45) is 5.92 Å². The molecule has 0 aliphatic carbocycles. The number of aliphatic hydroxyl groups excluding tert-OH is 1. The van der Waals surface area contributed by atoms with E-state index in [-0.39, 0.29) is 35.6 Å². The predicted octanol–water partition coefficient (Wildman–Crippen LogP) is 4.11. The number of hydrogen-bond acceptors (Lipinski definition) is 4. The third-order valence-electron chi connectivity index (χ3n) is 4.20. The molecule has 3 N–H and O–H groups in total. The second kappa shape index (κ2) is 9.91. The van der Waals surface area contributed by atoms with Gasteiger partial charge in [0.25, 0.3) is 11.8 Å². The summed E-state index contributed by atoms with van der Waals surface area (Å²) in [5, 5.41) is 15.3. The summed E-state index contributed by atoms with van der Waals surface area (Å²) in [5.74, 6) is -0.455. The molecule has 28 heavy (non-hydrogen) atoms. The lowest BCUT2D eigenvalue weighted by Crippen LogP contribution is -2.41. The Bertz CT molecular complexity index is 873. The SMILES string of the molecule is COc1ccc(C(=O)N[C@H](CO)C(C)C)cc1C(=O)Nc1ccc(Br)cc1Cl. The maximum Gasteiger partial charge on any atom is 0.259 e. The molecule has 0 saturated heterocycles. The van der Waals surface area contributed by atoms with E-state index in [9.17, 15) is 14.7 Å². The van der Waals surface area contributed by atoms with Crippen LogP contribution in [0.2, 0.25) is 5.02 Å². The number of ether oxygens (including phenoxy) is 1. The van der Waals surface area contributed by atoms with Gasteiger partial charge in [-0.1, -0.05) is 41.4 Å². The van der Waals surface area contributed by atoms with Crippen molar-refractivity contribution >= 4 is 45.0 Å². The minimum Gasteiger partial charge on any atom is -0.496 e. The first kappa shape index (κ1) is 22.2. The Balaban J connectivity index is 2.28. The van der Waals surface area contributed by atoms with Gasteiger partial charge in [-0.05, 0) is 42.3 Å². The molecule has 0 aromatic heterocycles. The second-order valence-electron chi connectivity index (χ2n) is 6.50. The zero-order valence-corrected chi connectivity index (χ0v) is 18.1. The number of amides is 2. The van der Waals surface area contributed by atoms with E-state index in [0.29, 0.717) is 16.5 Å². The normalized spacial score (nSPS) is 11.8. The van der Waals surface area contributed by atoms with Crippen LogP contribution < -0.4 is 15.4 Å². The van der Waals surface area contributed by atoms with Gasteiger partial charge >= 0.3 is 0 Å². The highest BCUT2D eigenvalue weighted by Crippen LogP contribution is 2.27. The molecule has 0 aliphatic heterocycles. The number of anilines is 1. The Kier molecular flexibility index (Phi) is 7.86. The first-order valence-electron chi connectivity index (χ1n) is 8.63. The number of nitrogens with one attached hydrogen (secondary N) is 2. The van der Waals surface area contributed by atoms with Gasteiger partial charge in [0.1, 0.15) is 5.75 Å². The Morgan fingerprint density at radius 1 is 1.18 bits per heavy atom. The molecule has 150 valence electrons. The highest BCUT2D eigenvalue weighted by atomic mass is 79.9. The van der Waals surface area contributed by atoms with Crippen molar-refractivity contribution in [3.63, 3.8) is 0 Å². The number of benzene rings is 2. The monoisotopic (exact) mass is 468 g/mol. The maximum absolute atomic E-state index is 12.8. The largest absolute Gasteiger partial charge is 0.496 e. The van der Waals surface area contributed by atoms with Crippen LogP contribution in [0, 0.1) is 5.92 Å². The van der Waals surface area contributed by atoms with Gasteiger partial charge in [0.15, 0.2) is 0 Å². The molecule has 0 saturated carbocycles. The van der Waals surface area contributed by atoms with Crippen LogP contribution in [0.3, 0.4) is 0 Å². The molecule has 0 unspecified atom stereocenters. The van der Waals surface area contributed by atoms with E-state index in [4.69, 9.17) is 16.3 Å². The fourth-order valence-electron chi connectivity index (χ4n) is 2.48. The summed E-state index contributed by atoms with van der Waals surface area (Å²) < 4.78 is 6.04. The van der Waals surface area contributed by atoms with Crippen LogP contribution in [0.1, 0.15) is 34.6 Å². The first-order chi connectivity index (χ1) is 13.3. The zero-order chi connectivity index (χ0) is 20.8. The minimum atomic E-state index is -0.460. The third kappa shape index (κ3) is 5.47. The van der Waals surface area contributed by atoms with Crippen molar-refractivity contribution in [2.45, 2.75) is 19.9 Å². The van der Waals surface area contributed by atoms with Crippen LogP contribution in [0.25, 0.3) is 0 Å². The summed E-state index contributed by atoms with van der Waals surface area (Å²) >= 11 is 9.47. The van der Waals surface area contributed by atoms with Gasteiger partial charge in [0.2, 0.25) is 0 Å². The van der Waals surface area contributed by atoms with E-state index < -0.39 is 5.91 Å². The molecule has 6 nitrogen and oxygen atoms in total. The molecular formula is C20H22BrClN2O4. The Morgan fingerprint density at radius 2 is 1.89 bits per heavy atom. The highest BCUT2D eigenvalue weighted by Gasteiger charge is 2.20. The number of methoxy groups -OCH3 is 1. The van der Waals surface area contributed by atoms with Crippen LogP contribution in [0.5, 0.6) is 5.75 Å². The lowest BCUT2D eigenvalue weighted by molar-refractivity contribution is 0.0897. The van der Waals surface area contributed by atoms with Crippen molar-refractivity contribution in [1.29, 1.82) is 0 Å². The highest BCUT2D eigenvalue weighted by molar-refractivity contribution is 9.10. The minimum absolute atomic E-state index is 0.0644. The molecule has 0 spiro atoms. The first-order valence-corrected chi connectivity index (χ1v) is 9.80. The summed E-state index contributed by atoms with van der Waals surface area (Å²) in [5.41, 5.74) is 0.915. The molecule has 2 amide bonds. The Hall–Kier alpha value is -2.09. The van der Waals surface area contributed by atoms with Crippen molar-refractivity contribution in [1.82, 2.24) is 5.32 Å². The number of halogens is 2. The van der Waals surface area contributed by atoms with E-state index in [0.717, 1.165) is 4.47 Å². The van der Waals surface area contributed by atoms with Gasteiger partial charge in [0, 0.05) is 10.0 Å². The van der Waals surface area contributed by atoms with Crippen molar-refractivity contribution in [3.05, 3.63) is 57.0 Å². The summed E-state index contributed by atoms with van der Waals surface area (Å²) in [6.45, 7) is 3.63. The van der Waals surface area contributed by atoms with Gasteiger partial charge in [0.05, 0.1) is 36.0 Å². The fourth-order valence-corrected chi connectivity index (χ4v) is 3.20.